The van der Waals surface area contributed by atoms with Crippen LogP contribution in [0.1, 0.15) is 5.56 Å². The Kier molecular flexibility index (Phi) is 2.59. The zero-order valence-electron chi connectivity index (χ0n) is 6.90. The van der Waals surface area contributed by atoms with Gasteiger partial charge in [-0.3, -0.25) is 14.9 Å². The lowest BCUT2D eigenvalue weighted by molar-refractivity contribution is -0.383. The van der Waals surface area contributed by atoms with Crippen LogP contribution in [0, 0.1) is 10.1 Å². The lowest BCUT2D eigenvalue weighted by Gasteiger charge is -2.00. The lowest BCUT2D eigenvalue weighted by Crippen LogP contribution is -1.97. The van der Waals surface area contributed by atoms with Gasteiger partial charge in [-0.05, 0) is 12.1 Å². The molecule has 1 aromatic rings. The number of nitrogens with zero attached hydrogens (tertiary/aromatic N) is 1. The molecule has 0 saturated carbocycles. The molecule has 0 atom stereocenters. The Bertz CT molecular complexity index is 349. The number of anilines is 1. The van der Waals surface area contributed by atoms with Crippen LogP contribution in [-0.4, -0.2) is 18.3 Å². The Balaban J connectivity index is 3.25. The quantitative estimate of drug-likeness (QED) is 0.557. The molecule has 0 saturated heterocycles. The molecule has 0 aromatic heterocycles. The summed E-state index contributed by atoms with van der Waals surface area (Å²) >= 11 is 0. The van der Waals surface area contributed by atoms with Crippen molar-refractivity contribution in [1.82, 2.24) is 0 Å². The molecule has 0 unspecified atom stereocenters. The molecule has 5 heteroatoms. The minimum absolute atomic E-state index is 0.122. The second kappa shape index (κ2) is 3.66. The molecule has 0 amide bonds. The monoisotopic (exact) mass is 179 g/mol. The number of nitro benzene ring substituents is 1. The highest BCUT2D eigenvalue weighted by molar-refractivity contribution is 5.79. The molecule has 1 rings (SSSR count). The molecule has 0 heterocycles. The van der Waals surface area contributed by atoms with Crippen molar-refractivity contribution in [3.63, 3.8) is 0 Å². The number of hydrogen-bond acceptors (Lipinski definition) is 4. The number of nitro groups is 1. The summed E-state index contributed by atoms with van der Waals surface area (Å²) in [6, 6.07) is 4.11. The third kappa shape index (κ3) is 1.81. The van der Waals surface area contributed by atoms with E-state index < -0.39 is 4.92 Å². The third-order valence-corrected chi connectivity index (χ3v) is 1.58. The highest BCUT2D eigenvalue weighted by atomic mass is 16.6. The van der Waals surface area contributed by atoms with E-state index in [-0.39, 0.29) is 11.3 Å². The van der Waals surface area contributed by atoms with E-state index in [1.807, 2.05) is 0 Å². The highest BCUT2D eigenvalue weighted by Gasteiger charge is 2.12. The van der Waals surface area contributed by atoms with E-state index in [1.165, 1.54) is 18.2 Å². The van der Waals surface area contributed by atoms with Gasteiger partial charge in [0, 0.05) is 18.7 Å². The van der Waals surface area contributed by atoms with Crippen molar-refractivity contribution >= 4 is 17.7 Å². The van der Waals surface area contributed by atoms with Crippen LogP contribution < -0.4 is 5.32 Å². The van der Waals surface area contributed by atoms with Crippen LogP contribution in [0.5, 0.6) is 0 Å². The van der Waals surface area contributed by atoms with E-state index in [0.717, 1.165) is 0 Å². The highest BCUT2D eigenvalue weighted by Crippen LogP contribution is 2.23. The average molecular weight is 179 g/mol. The normalized spacial score (nSPS) is 9.31. The van der Waals surface area contributed by atoms with E-state index >= 15 is 0 Å². The van der Waals surface area contributed by atoms with E-state index in [9.17, 15) is 14.9 Å². The number of carbonyl (C=O) groups excluding carboxylic acids is 1. The van der Waals surface area contributed by atoms with Crippen LogP contribution in [0.4, 0.5) is 11.4 Å². The van der Waals surface area contributed by atoms with Crippen molar-refractivity contribution < 1.29 is 9.72 Å². The van der Waals surface area contributed by atoms with Crippen LogP contribution >= 0.6 is 0 Å². The first kappa shape index (κ1) is 9.18. The van der Waals surface area contributed by atoms with E-state index in [2.05, 4.69) is 5.32 Å². The summed E-state index contributed by atoms with van der Waals surface area (Å²) in [4.78, 5) is 20.1. The van der Waals surface area contributed by atoms with Gasteiger partial charge in [-0.15, -0.1) is 0 Å². The van der Waals surface area contributed by atoms with Crippen molar-refractivity contribution in [2.24, 2.45) is 0 Å². The SMILES string of the molecule is CNc1ccc([C]=O)cc1[N+](=O)[O-]. The Morgan fingerprint density at radius 3 is 2.69 bits per heavy atom. The minimum Gasteiger partial charge on any atom is -0.383 e. The van der Waals surface area contributed by atoms with Crippen LogP contribution in [-0.2, 0) is 4.79 Å². The summed E-state index contributed by atoms with van der Waals surface area (Å²) in [6.45, 7) is 0. The molecule has 0 fully saturated rings. The van der Waals surface area contributed by atoms with Gasteiger partial charge in [0.05, 0.1) is 4.92 Å². The molecule has 1 aromatic carbocycles. The zero-order valence-corrected chi connectivity index (χ0v) is 6.90. The summed E-state index contributed by atoms with van der Waals surface area (Å²) in [5.74, 6) is 0. The van der Waals surface area contributed by atoms with Gasteiger partial charge in [-0.25, -0.2) is 0 Å². The van der Waals surface area contributed by atoms with Gasteiger partial charge in [-0.1, -0.05) is 0 Å². The third-order valence-electron chi connectivity index (χ3n) is 1.58. The second-order valence-corrected chi connectivity index (χ2v) is 2.34. The topological polar surface area (TPSA) is 72.2 Å². The molecule has 0 bridgehead atoms. The summed E-state index contributed by atoms with van der Waals surface area (Å²) in [6.07, 6.45) is 1.59. The fourth-order valence-corrected chi connectivity index (χ4v) is 0.958. The molecule has 0 aliphatic rings. The zero-order chi connectivity index (χ0) is 9.84. The average Bonchev–Trinajstić information content (AvgIpc) is 2.16. The number of nitrogens with one attached hydrogen (secondary N) is 1. The predicted molar refractivity (Wildman–Crippen MR) is 47.4 cm³/mol. The molecule has 1 radical (unpaired) electrons. The smallest absolute Gasteiger partial charge is 0.293 e. The molecule has 5 nitrogen and oxygen atoms in total. The van der Waals surface area contributed by atoms with E-state index in [1.54, 1.807) is 13.3 Å². The van der Waals surface area contributed by atoms with Crippen LogP contribution in [0.2, 0.25) is 0 Å². The van der Waals surface area contributed by atoms with Crippen molar-refractivity contribution in [2.45, 2.75) is 0 Å². The maximum Gasteiger partial charge on any atom is 0.293 e. The summed E-state index contributed by atoms with van der Waals surface area (Å²) < 4.78 is 0. The van der Waals surface area contributed by atoms with E-state index in [0.29, 0.717) is 5.69 Å². The fourth-order valence-electron chi connectivity index (χ4n) is 0.958. The van der Waals surface area contributed by atoms with Crippen molar-refractivity contribution in [2.75, 3.05) is 12.4 Å². The largest absolute Gasteiger partial charge is 0.383 e. The maximum atomic E-state index is 10.5. The Labute approximate surface area is 74.5 Å². The van der Waals surface area contributed by atoms with Crippen molar-refractivity contribution in [3.8, 4) is 0 Å². The Hall–Kier alpha value is -1.91. The van der Waals surface area contributed by atoms with Gasteiger partial charge in [-0.2, -0.15) is 0 Å². The maximum absolute atomic E-state index is 10.5. The van der Waals surface area contributed by atoms with Gasteiger partial charge >= 0.3 is 0 Å². The minimum atomic E-state index is -0.549. The Morgan fingerprint density at radius 2 is 2.23 bits per heavy atom. The van der Waals surface area contributed by atoms with Gasteiger partial charge in [0.1, 0.15) is 5.69 Å². The number of rotatable bonds is 3. The second-order valence-electron chi connectivity index (χ2n) is 2.34. The summed E-state index contributed by atoms with van der Waals surface area (Å²) in [7, 11) is 1.58. The first-order valence-corrected chi connectivity index (χ1v) is 3.53. The first-order chi connectivity index (χ1) is 6.19. The van der Waals surface area contributed by atoms with Gasteiger partial charge < -0.3 is 5.32 Å². The molecule has 0 aliphatic heterocycles. The fraction of sp³-hybridized carbons (Fsp3) is 0.125. The Morgan fingerprint density at radius 1 is 1.54 bits per heavy atom. The van der Waals surface area contributed by atoms with Crippen LogP contribution in [0.15, 0.2) is 18.2 Å². The van der Waals surface area contributed by atoms with Gasteiger partial charge in [0.15, 0.2) is 0 Å². The van der Waals surface area contributed by atoms with Gasteiger partial charge in [0.25, 0.3) is 5.69 Å². The van der Waals surface area contributed by atoms with Crippen LogP contribution in [0.25, 0.3) is 0 Å². The molecule has 0 spiro atoms. The molecule has 0 aliphatic carbocycles. The van der Waals surface area contributed by atoms with E-state index in [4.69, 9.17) is 0 Å². The molecular formula is C8H7N2O3. The van der Waals surface area contributed by atoms with Gasteiger partial charge in [0.2, 0.25) is 6.29 Å². The number of hydrogen-bond donors (Lipinski definition) is 1. The van der Waals surface area contributed by atoms with Crippen LogP contribution in [0.3, 0.4) is 0 Å². The molecule has 1 N–H and O–H groups in total. The molecule has 13 heavy (non-hydrogen) atoms. The first-order valence-electron chi connectivity index (χ1n) is 3.53. The number of benzene rings is 1. The summed E-state index contributed by atoms with van der Waals surface area (Å²) in [5, 5.41) is 13.1. The molecule has 67 valence electrons. The standard InChI is InChI=1S/C8H7N2O3/c1-9-7-3-2-6(5-11)4-8(7)10(12)13/h2-4,9H,1H3. The van der Waals surface area contributed by atoms with Crippen molar-refractivity contribution in [3.05, 3.63) is 33.9 Å². The molecular weight excluding hydrogens is 172 g/mol. The lowest BCUT2D eigenvalue weighted by atomic mass is 10.2. The summed E-state index contributed by atoms with van der Waals surface area (Å²) in [5.41, 5.74) is 0.429. The predicted octanol–water partition coefficient (Wildman–Crippen LogP) is 1.09. The van der Waals surface area contributed by atoms with Crippen molar-refractivity contribution in [1.29, 1.82) is 0 Å².